The Morgan fingerprint density at radius 1 is 1.22 bits per heavy atom. The molecule has 1 aromatic carbocycles. The molecule has 0 amide bonds. The number of hydrogen-bond acceptors (Lipinski definition) is 2. The van der Waals surface area contributed by atoms with Crippen molar-refractivity contribution in [1.82, 2.24) is 10.6 Å². The largest absolute Gasteiger partial charge is 0.357 e. The van der Waals surface area contributed by atoms with Crippen LogP contribution in [0.1, 0.15) is 12.5 Å². The van der Waals surface area contributed by atoms with Gasteiger partial charge in [-0.05, 0) is 25.2 Å². The van der Waals surface area contributed by atoms with Gasteiger partial charge < -0.3 is 10.6 Å². The van der Waals surface area contributed by atoms with Gasteiger partial charge in [-0.2, -0.15) is 11.8 Å². The number of thioether (sulfide) groups is 1. The van der Waals surface area contributed by atoms with Gasteiger partial charge in [0.05, 0.1) is 6.54 Å². The lowest BCUT2D eigenvalue weighted by molar-refractivity contribution is 0.804. The summed E-state index contributed by atoms with van der Waals surface area (Å²) in [5.41, 5.74) is 1.35. The van der Waals surface area contributed by atoms with Crippen LogP contribution in [0.3, 0.4) is 0 Å². The second-order valence-electron chi connectivity index (χ2n) is 3.92. The summed E-state index contributed by atoms with van der Waals surface area (Å²) in [6.45, 7) is 4.76. The Morgan fingerprint density at radius 2 is 2.00 bits per heavy atom. The quantitative estimate of drug-likeness (QED) is 0.450. The summed E-state index contributed by atoms with van der Waals surface area (Å²) in [5, 5.41) is 6.62. The minimum Gasteiger partial charge on any atom is -0.357 e. The topological polar surface area (TPSA) is 36.4 Å². The van der Waals surface area contributed by atoms with Crippen LogP contribution < -0.4 is 10.6 Å². The summed E-state index contributed by atoms with van der Waals surface area (Å²) >= 11 is 1.82. The Bertz CT molecular complexity index is 338. The molecule has 0 radical (unpaired) electrons. The molecule has 0 heterocycles. The van der Waals surface area contributed by atoms with Crippen LogP contribution in [-0.2, 0) is 6.42 Å². The lowest BCUT2D eigenvalue weighted by Gasteiger charge is -2.11. The molecule has 3 nitrogen and oxygen atoms in total. The van der Waals surface area contributed by atoms with Gasteiger partial charge in [0.15, 0.2) is 5.96 Å². The van der Waals surface area contributed by atoms with Crippen LogP contribution in [0.15, 0.2) is 35.3 Å². The molecule has 0 unspecified atom stereocenters. The molecule has 1 aromatic rings. The van der Waals surface area contributed by atoms with Gasteiger partial charge in [0, 0.05) is 18.8 Å². The molecule has 100 valence electrons. The van der Waals surface area contributed by atoms with Crippen LogP contribution in [0, 0.1) is 0 Å². The third-order valence-electron chi connectivity index (χ3n) is 2.46. The smallest absolute Gasteiger partial charge is 0.191 e. The molecule has 0 aliphatic rings. The average molecular weight is 265 g/mol. The van der Waals surface area contributed by atoms with Crippen LogP contribution in [0.5, 0.6) is 0 Å². The highest BCUT2D eigenvalue weighted by molar-refractivity contribution is 7.98. The van der Waals surface area contributed by atoms with Gasteiger partial charge in [-0.3, -0.25) is 4.99 Å². The highest BCUT2D eigenvalue weighted by atomic mass is 32.2. The molecule has 2 N–H and O–H groups in total. The molecule has 0 bridgehead atoms. The molecule has 0 saturated carbocycles. The van der Waals surface area contributed by atoms with E-state index in [9.17, 15) is 0 Å². The van der Waals surface area contributed by atoms with Gasteiger partial charge in [-0.1, -0.05) is 30.3 Å². The molecular weight excluding hydrogens is 242 g/mol. The number of aliphatic imine (C=N–C) groups is 1. The van der Waals surface area contributed by atoms with E-state index in [2.05, 4.69) is 53.1 Å². The van der Waals surface area contributed by atoms with Crippen molar-refractivity contribution in [2.24, 2.45) is 4.99 Å². The van der Waals surface area contributed by atoms with E-state index >= 15 is 0 Å². The minimum absolute atomic E-state index is 0.863. The third kappa shape index (κ3) is 6.55. The molecular formula is C14H23N3S. The highest BCUT2D eigenvalue weighted by Crippen LogP contribution is 1.98. The first-order chi connectivity index (χ1) is 8.86. The summed E-state index contributed by atoms with van der Waals surface area (Å²) < 4.78 is 0. The van der Waals surface area contributed by atoms with Gasteiger partial charge in [0.1, 0.15) is 0 Å². The maximum absolute atomic E-state index is 4.51. The van der Waals surface area contributed by atoms with Gasteiger partial charge >= 0.3 is 0 Å². The lowest BCUT2D eigenvalue weighted by atomic mass is 10.1. The van der Waals surface area contributed by atoms with E-state index in [1.165, 1.54) is 5.56 Å². The molecule has 0 fully saturated rings. The van der Waals surface area contributed by atoms with Crippen molar-refractivity contribution >= 4 is 17.7 Å². The summed E-state index contributed by atoms with van der Waals surface area (Å²) in [4.78, 5) is 4.51. The predicted molar refractivity (Wildman–Crippen MR) is 82.5 cm³/mol. The van der Waals surface area contributed by atoms with Crippen molar-refractivity contribution in [3.63, 3.8) is 0 Å². The molecule has 0 atom stereocenters. The van der Waals surface area contributed by atoms with Crippen molar-refractivity contribution in [3.8, 4) is 0 Å². The fraction of sp³-hybridized carbons (Fsp3) is 0.500. The molecule has 4 heteroatoms. The number of nitrogens with zero attached hydrogens (tertiary/aromatic N) is 1. The van der Waals surface area contributed by atoms with E-state index in [0.29, 0.717) is 0 Å². The van der Waals surface area contributed by atoms with Crippen molar-refractivity contribution < 1.29 is 0 Å². The van der Waals surface area contributed by atoms with Crippen molar-refractivity contribution in [2.45, 2.75) is 13.3 Å². The van der Waals surface area contributed by atoms with Crippen LogP contribution in [-0.4, -0.2) is 37.6 Å². The Labute approximate surface area is 114 Å². The molecule has 0 spiro atoms. The summed E-state index contributed by atoms with van der Waals surface area (Å²) in [7, 11) is 0. The number of hydrogen-bond donors (Lipinski definition) is 2. The number of benzene rings is 1. The predicted octanol–water partition coefficient (Wildman–Crippen LogP) is 2.15. The fourth-order valence-corrected chi connectivity index (χ4v) is 1.83. The maximum Gasteiger partial charge on any atom is 0.191 e. The van der Waals surface area contributed by atoms with Crippen LogP contribution in [0.4, 0.5) is 0 Å². The lowest BCUT2D eigenvalue weighted by Crippen LogP contribution is -2.38. The van der Waals surface area contributed by atoms with E-state index in [-0.39, 0.29) is 0 Å². The van der Waals surface area contributed by atoms with Crippen LogP contribution >= 0.6 is 11.8 Å². The Hall–Kier alpha value is -1.16. The maximum atomic E-state index is 4.51. The van der Waals surface area contributed by atoms with Crippen LogP contribution in [0.25, 0.3) is 0 Å². The molecule has 0 saturated heterocycles. The number of nitrogens with one attached hydrogen (secondary N) is 2. The highest BCUT2D eigenvalue weighted by Gasteiger charge is 1.96. The van der Waals surface area contributed by atoms with Crippen molar-refractivity contribution in [2.75, 3.05) is 31.6 Å². The van der Waals surface area contributed by atoms with Gasteiger partial charge in [0.25, 0.3) is 0 Å². The summed E-state index contributed by atoms with van der Waals surface area (Å²) in [6, 6.07) is 10.5. The molecule has 0 aromatic heterocycles. The van der Waals surface area contributed by atoms with Crippen molar-refractivity contribution in [3.05, 3.63) is 35.9 Å². The molecule has 18 heavy (non-hydrogen) atoms. The zero-order chi connectivity index (χ0) is 13.1. The van der Waals surface area contributed by atoms with Gasteiger partial charge in [0.2, 0.25) is 0 Å². The molecule has 1 rings (SSSR count). The average Bonchev–Trinajstić information content (AvgIpc) is 2.40. The Kier molecular flexibility index (Phi) is 8.13. The normalized spacial score (nSPS) is 11.3. The summed E-state index contributed by atoms with van der Waals surface area (Å²) in [5.74, 6) is 1.98. The number of guanidine groups is 1. The standard InChI is InChI=1S/C14H23N3S/c1-3-15-14(17-11-12-18-2)16-10-9-13-7-5-4-6-8-13/h4-8H,3,9-12H2,1-2H3,(H2,15,16,17). The van der Waals surface area contributed by atoms with E-state index in [1.807, 2.05) is 17.8 Å². The first-order valence-corrected chi connectivity index (χ1v) is 7.81. The van der Waals surface area contributed by atoms with E-state index < -0.39 is 0 Å². The minimum atomic E-state index is 0.863. The van der Waals surface area contributed by atoms with Crippen LogP contribution in [0.2, 0.25) is 0 Å². The zero-order valence-electron chi connectivity index (χ0n) is 11.3. The zero-order valence-corrected chi connectivity index (χ0v) is 12.1. The first kappa shape index (κ1) is 14.9. The fourth-order valence-electron chi connectivity index (χ4n) is 1.56. The second kappa shape index (κ2) is 9.83. The summed E-state index contributed by atoms with van der Waals surface area (Å²) in [6.07, 6.45) is 3.12. The van der Waals surface area contributed by atoms with E-state index in [0.717, 1.165) is 37.8 Å². The van der Waals surface area contributed by atoms with E-state index in [1.54, 1.807) is 0 Å². The SMILES string of the molecule is CCNC(=NCCSC)NCCc1ccccc1. The second-order valence-corrected chi connectivity index (χ2v) is 4.90. The Balaban J connectivity index is 2.31. The first-order valence-electron chi connectivity index (χ1n) is 6.42. The third-order valence-corrected chi connectivity index (χ3v) is 3.05. The van der Waals surface area contributed by atoms with Gasteiger partial charge in [-0.25, -0.2) is 0 Å². The van der Waals surface area contributed by atoms with Gasteiger partial charge in [-0.15, -0.1) is 0 Å². The monoisotopic (exact) mass is 265 g/mol. The molecule has 0 aliphatic heterocycles. The molecule has 0 aliphatic carbocycles. The Morgan fingerprint density at radius 3 is 2.67 bits per heavy atom. The van der Waals surface area contributed by atoms with E-state index in [4.69, 9.17) is 0 Å². The number of rotatable bonds is 7. The van der Waals surface area contributed by atoms with Crippen molar-refractivity contribution in [1.29, 1.82) is 0 Å².